The first kappa shape index (κ1) is 19.6. The number of Topliss-reactive ketones (excluding diaryl/α,β-unsaturated/α-hetero) is 1. The summed E-state index contributed by atoms with van der Waals surface area (Å²) >= 11 is 1.54. The van der Waals surface area contributed by atoms with Crippen LogP contribution in [0, 0.1) is 0 Å². The van der Waals surface area contributed by atoms with Crippen molar-refractivity contribution in [2.75, 3.05) is 21.3 Å². The van der Waals surface area contributed by atoms with Crippen LogP contribution in [0.4, 0.5) is 0 Å². The highest BCUT2D eigenvalue weighted by atomic mass is 32.1. The molecule has 0 aliphatic carbocycles. The van der Waals surface area contributed by atoms with Crippen LogP contribution in [0.2, 0.25) is 0 Å². The Morgan fingerprint density at radius 2 is 1.64 bits per heavy atom. The molecule has 0 saturated carbocycles. The molecule has 5 nitrogen and oxygen atoms in total. The van der Waals surface area contributed by atoms with Crippen LogP contribution in [-0.2, 0) is 11.2 Å². The molecule has 0 amide bonds. The maximum Gasteiger partial charge on any atom is 0.337 e. The van der Waals surface area contributed by atoms with Crippen molar-refractivity contribution < 1.29 is 23.8 Å². The summed E-state index contributed by atoms with van der Waals surface area (Å²) in [5, 5.41) is 1.95. The predicted octanol–water partition coefficient (Wildman–Crippen LogP) is 4.64. The maximum absolute atomic E-state index is 13.1. The quantitative estimate of drug-likeness (QED) is 0.430. The summed E-state index contributed by atoms with van der Waals surface area (Å²) in [6.07, 6.45) is 0.144. The van der Waals surface area contributed by atoms with E-state index in [1.165, 1.54) is 21.3 Å². The van der Waals surface area contributed by atoms with Crippen molar-refractivity contribution in [1.29, 1.82) is 0 Å². The number of thiophene rings is 1. The van der Waals surface area contributed by atoms with Crippen LogP contribution in [-0.4, -0.2) is 33.1 Å². The molecule has 1 heterocycles. The minimum atomic E-state index is -0.415. The largest absolute Gasteiger partial charge is 0.496 e. The molecule has 0 unspecified atom stereocenters. The number of ketones is 1. The molecule has 3 aromatic rings. The Labute approximate surface area is 167 Å². The second kappa shape index (κ2) is 8.71. The maximum atomic E-state index is 13.1. The zero-order valence-corrected chi connectivity index (χ0v) is 16.7. The van der Waals surface area contributed by atoms with Crippen molar-refractivity contribution >= 4 is 23.1 Å². The molecule has 0 spiro atoms. The number of esters is 1. The van der Waals surface area contributed by atoms with Gasteiger partial charge in [-0.25, -0.2) is 4.79 Å². The number of methoxy groups -OCH3 is 3. The van der Waals surface area contributed by atoms with Gasteiger partial charge in [0.2, 0.25) is 0 Å². The van der Waals surface area contributed by atoms with Crippen LogP contribution in [0.25, 0.3) is 10.4 Å². The normalized spacial score (nSPS) is 10.4. The summed E-state index contributed by atoms with van der Waals surface area (Å²) in [5.41, 5.74) is 2.49. The fraction of sp³-hybridized carbons (Fsp3) is 0.182. The molecule has 144 valence electrons. The van der Waals surface area contributed by atoms with Gasteiger partial charge in [-0.05, 0) is 46.8 Å². The van der Waals surface area contributed by atoms with Crippen LogP contribution in [0.15, 0.2) is 53.9 Å². The predicted molar refractivity (Wildman–Crippen MR) is 109 cm³/mol. The first-order valence-corrected chi connectivity index (χ1v) is 9.46. The topological polar surface area (TPSA) is 61.8 Å². The number of benzene rings is 2. The number of rotatable bonds is 7. The van der Waals surface area contributed by atoms with Crippen molar-refractivity contribution in [3.63, 3.8) is 0 Å². The van der Waals surface area contributed by atoms with Crippen molar-refractivity contribution in [2.24, 2.45) is 0 Å². The standard InChI is InChI=1S/C22H20O5S/c1-25-18-6-4-7-19(26-2)21(18)17(23)13-14-9-10-15(22(24)27-3)12-16(14)20-8-5-11-28-20/h4-12H,13H2,1-3H3. The van der Waals surface area contributed by atoms with Gasteiger partial charge < -0.3 is 14.2 Å². The summed E-state index contributed by atoms with van der Waals surface area (Å²) in [7, 11) is 4.39. The van der Waals surface area contributed by atoms with Crippen LogP contribution in [0.5, 0.6) is 11.5 Å². The molecule has 6 heteroatoms. The highest BCUT2D eigenvalue weighted by Crippen LogP contribution is 2.33. The molecule has 1 aromatic heterocycles. The van der Waals surface area contributed by atoms with Gasteiger partial charge in [-0.2, -0.15) is 0 Å². The molecule has 28 heavy (non-hydrogen) atoms. The Kier molecular flexibility index (Phi) is 6.11. The Balaban J connectivity index is 2.03. The zero-order valence-electron chi connectivity index (χ0n) is 15.9. The number of carbonyl (C=O) groups is 2. The van der Waals surface area contributed by atoms with E-state index >= 15 is 0 Å². The third-order valence-corrected chi connectivity index (χ3v) is 5.28. The third-order valence-electron chi connectivity index (χ3n) is 4.38. The van der Waals surface area contributed by atoms with Gasteiger partial charge in [0, 0.05) is 11.3 Å². The Hall–Kier alpha value is -3.12. The summed E-state index contributed by atoms with van der Waals surface area (Å²) in [6, 6.07) is 14.4. The average molecular weight is 396 g/mol. The lowest BCUT2D eigenvalue weighted by Gasteiger charge is -2.14. The molecule has 0 saturated heterocycles. The van der Waals surface area contributed by atoms with Gasteiger partial charge in [-0.1, -0.05) is 18.2 Å². The van der Waals surface area contributed by atoms with E-state index in [9.17, 15) is 9.59 Å². The number of hydrogen-bond acceptors (Lipinski definition) is 6. The smallest absolute Gasteiger partial charge is 0.337 e. The average Bonchev–Trinajstić information content (AvgIpc) is 3.27. The molecule has 0 N–H and O–H groups in total. The Morgan fingerprint density at radius 3 is 2.21 bits per heavy atom. The summed E-state index contributed by atoms with van der Waals surface area (Å²) < 4.78 is 15.5. The minimum absolute atomic E-state index is 0.127. The van der Waals surface area contributed by atoms with Crippen molar-refractivity contribution in [3.8, 4) is 21.9 Å². The summed E-state index contributed by atoms with van der Waals surface area (Å²) in [4.78, 5) is 26.0. The molecule has 0 radical (unpaired) electrons. The zero-order chi connectivity index (χ0) is 20.1. The van der Waals surface area contributed by atoms with E-state index < -0.39 is 5.97 Å². The number of hydrogen-bond donors (Lipinski definition) is 0. The van der Waals surface area contributed by atoms with Gasteiger partial charge in [0.05, 0.1) is 26.9 Å². The van der Waals surface area contributed by atoms with E-state index in [1.54, 1.807) is 47.7 Å². The Bertz CT molecular complexity index is 970. The lowest BCUT2D eigenvalue weighted by Crippen LogP contribution is -2.09. The molecule has 2 aromatic carbocycles. The van der Waals surface area contributed by atoms with Gasteiger partial charge in [0.25, 0.3) is 0 Å². The Morgan fingerprint density at radius 1 is 0.929 bits per heavy atom. The van der Waals surface area contributed by atoms with Crippen molar-refractivity contribution in [3.05, 3.63) is 70.6 Å². The van der Waals surface area contributed by atoms with E-state index in [4.69, 9.17) is 14.2 Å². The molecule has 0 aliphatic rings. The SMILES string of the molecule is COC(=O)c1ccc(CC(=O)c2c(OC)cccc2OC)c(-c2cccs2)c1. The van der Waals surface area contributed by atoms with E-state index in [1.807, 2.05) is 17.5 Å². The number of carbonyl (C=O) groups excluding carboxylic acids is 2. The fourth-order valence-corrected chi connectivity index (χ4v) is 3.80. The van der Waals surface area contributed by atoms with E-state index in [0.29, 0.717) is 22.6 Å². The molecule has 3 rings (SSSR count). The first-order valence-electron chi connectivity index (χ1n) is 8.58. The monoisotopic (exact) mass is 396 g/mol. The minimum Gasteiger partial charge on any atom is -0.496 e. The third kappa shape index (κ3) is 3.92. The van der Waals surface area contributed by atoms with Gasteiger partial charge in [-0.15, -0.1) is 11.3 Å². The van der Waals surface area contributed by atoms with Gasteiger partial charge in [-0.3, -0.25) is 4.79 Å². The van der Waals surface area contributed by atoms with E-state index in [2.05, 4.69) is 0 Å². The van der Waals surface area contributed by atoms with E-state index in [0.717, 1.165) is 16.0 Å². The number of ether oxygens (including phenoxy) is 3. The summed E-state index contributed by atoms with van der Waals surface area (Å²) in [6.45, 7) is 0. The molecule has 0 atom stereocenters. The highest BCUT2D eigenvalue weighted by Gasteiger charge is 2.21. The van der Waals surface area contributed by atoms with Gasteiger partial charge in [0.15, 0.2) is 5.78 Å². The van der Waals surface area contributed by atoms with Gasteiger partial charge in [0.1, 0.15) is 17.1 Å². The second-order valence-electron chi connectivity index (χ2n) is 5.98. The first-order chi connectivity index (χ1) is 13.6. The van der Waals surface area contributed by atoms with Crippen molar-refractivity contribution in [1.82, 2.24) is 0 Å². The molecule has 0 fully saturated rings. The molecular weight excluding hydrogens is 376 g/mol. The van der Waals surface area contributed by atoms with Crippen molar-refractivity contribution in [2.45, 2.75) is 6.42 Å². The van der Waals surface area contributed by atoms with Crippen LogP contribution in [0.3, 0.4) is 0 Å². The lowest BCUT2D eigenvalue weighted by molar-refractivity contribution is 0.0600. The lowest BCUT2D eigenvalue weighted by atomic mass is 9.95. The van der Waals surface area contributed by atoms with Crippen LogP contribution in [0.1, 0.15) is 26.3 Å². The van der Waals surface area contributed by atoms with E-state index in [-0.39, 0.29) is 12.2 Å². The van der Waals surface area contributed by atoms with Gasteiger partial charge >= 0.3 is 5.97 Å². The summed E-state index contributed by atoms with van der Waals surface area (Å²) in [5.74, 6) is 0.390. The molecular formula is C22H20O5S. The highest BCUT2D eigenvalue weighted by molar-refractivity contribution is 7.13. The second-order valence-corrected chi connectivity index (χ2v) is 6.93. The fourth-order valence-electron chi connectivity index (χ4n) is 3.02. The molecule has 0 aliphatic heterocycles. The van der Waals surface area contributed by atoms with Crippen LogP contribution < -0.4 is 9.47 Å². The van der Waals surface area contributed by atoms with Crippen LogP contribution >= 0.6 is 11.3 Å². The molecule has 0 bridgehead atoms.